The molecular formula is C14H15O. The van der Waals surface area contributed by atoms with Crippen molar-refractivity contribution in [3.63, 3.8) is 0 Å². The van der Waals surface area contributed by atoms with Gasteiger partial charge in [0.25, 0.3) is 0 Å². The van der Waals surface area contributed by atoms with Crippen LogP contribution in [0, 0.1) is 6.07 Å². The van der Waals surface area contributed by atoms with Crippen LogP contribution in [0.25, 0.3) is 10.8 Å². The third-order valence-corrected chi connectivity index (χ3v) is 2.54. The van der Waals surface area contributed by atoms with Gasteiger partial charge in [-0.1, -0.05) is 36.4 Å². The lowest BCUT2D eigenvalue weighted by Crippen LogP contribution is -1.99. The van der Waals surface area contributed by atoms with Crippen molar-refractivity contribution in [2.75, 3.05) is 6.61 Å². The molecule has 2 aromatic carbocycles. The Morgan fingerprint density at radius 2 is 2.00 bits per heavy atom. The fraction of sp³-hybridized carbons (Fsp3) is 0.286. The number of hydrogen-bond donors (Lipinski definition) is 0. The van der Waals surface area contributed by atoms with Gasteiger partial charge in [-0.2, -0.15) is 0 Å². The van der Waals surface area contributed by atoms with Crippen molar-refractivity contribution in [1.29, 1.82) is 0 Å². The van der Waals surface area contributed by atoms with E-state index < -0.39 is 0 Å². The van der Waals surface area contributed by atoms with Gasteiger partial charge in [0, 0.05) is 6.61 Å². The van der Waals surface area contributed by atoms with Crippen LogP contribution in [0.4, 0.5) is 0 Å². The van der Waals surface area contributed by atoms with E-state index in [0.29, 0.717) is 0 Å². The van der Waals surface area contributed by atoms with E-state index in [1.54, 1.807) is 0 Å². The van der Waals surface area contributed by atoms with Crippen LogP contribution in [0.5, 0.6) is 0 Å². The number of hydrogen-bond acceptors (Lipinski definition) is 1. The summed E-state index contributed by atoms with van der Waals surface area (Å²) in [5.74, 6) is 0. The number of rotatable bonds is 3. The molecule has 0 aliphatic rings. The minimum Gasteiger partial charge on any atom is -0.374 e. The van der Waals surface area contributed by atoms with E-state index in [1.165, 1.54) is 5.39 Å². The average Bonchev–Trinajstić information content (AvgIpc) is 2.29. The van der Waals surface area contributed by atoms with Crippen molar-refractivity contribution in [1.82, 2.24) is 0 Å². The molecule has 1 heteroatoms. The van der Waals surface area contributed by atoms with Gasteiger partial charge in [-0.25, -0.2) is 0 Å². The molecule has 0 heterocycles. The Kier molecular flexibility index (Phi) is 3.02. The van der Waals surface area contributed by atoms with Crippen LogP contribution in [0.2, 0.25) is 0 Å². The summed E-state index contributed by atoms with van der Waals surface area (Å²) in [6.07, 6.45) is 0.125. The zero-order valence-electron chi connectivity index (χ0n) is 9.16. The van der Waals surface area contributed by atoms with Crippen LogP contribution in [0.15, 0.2) is 36.4 Å². The summed E-state index contributed by atoms with van der Waals surface area (Å²) in [6, 6.07) is 15.9. The highest BCUT2D eigenvalue weighted by atomic mass is 16.5. The van der Waals surface area contributed by atoms with Gasteiger partial charge in [0.05, 0.1) is 6.10 Å². The first kappa shape index (κ1) is 10.2. The van der Waals surface area contributed by atoms with Gasteiger partial charge in [0.1, 0.15) is 0 Å². The first-order valence-corrected chi connectivity index (χ1v) is 5.34. The van der Waals surface area contributed by atoms with Gasteiger partial charge in [0.2, 0.25) is 0 Å². The van der Waals surface area contributed by atoms with Crippen molar-refractivity contribution in [2.24, 2.45) is 0 Å². The molecule has 77 valence electrons. The molecule has 1 unspecified atom stereocenters. The summed E-state index contributed by atoms with van der Waals surface area (Å²) >= 11 is 0. The molecule has 0 aliphatic carbocycles. The molecular weight excluding hydrogens is 184 g/mol. The minimum atomic E-state index is 0.125. The third kappa shape index (κ3) is 2.18. The summed E-state index contributed by atoms with van der Waals surface area (Å²) in [6.45, 7) is 4.81. The second-order valence-corrected chi connectivity index (χ2v) is 3.60. The van der Waals surface area contributed by atoms with E-state index in [1.807, 2.05) is 19.1 Å². The highest BCUT2D eigenvalue weighted by Crippen LogP contribution is 2.21. The molecule has 2 rings (SSSR count). The predicted molar refractivity (Wildman–Crippen MR) is 62.8 cm³/mol. The molecule has 0 saturated carbocycles. The highest BCUT2D eigenvalue weighted by molar-refractivity contribution is 5.82. The van der Waals surface area contributed by atoms with Crippen LogP contribution in [0.3, 0.4) is 0 Å². The second-order valence-electron chi connectivity index (χ2n) is 3.60. The topological polar surface area (TPSA) is 9.23 Å². The standard InChI is InChI=1S/C14H15O/c1-3-15-11(2)13-9-8-12-6-4-5-7-14(12)10-13/h4-9,11H,3H2,1-2H3. The Labute approximate surface area is 90.7 Å². The van der Waals surface area contributed by atoms with Crippen molar-refractivity contribution in [3.8, 4) is 0 Å². The van der Waals surface area contributed by atoms with Gasteiger partial charge in [-0.3, -0.25) is 0 Å². The molecule has 0 amide bonds. The summed E-state index contributed by atoms with van der Waals surface area (Å²) in [7, 11) is 0. The average molecular weight is 199 g/mol. The van der Waals surface area contributed by atoms with E-state index >= 15 is 0 Å². The third-order valence-electron chi connectivity index (χ3n) is 2.54. The Balaban J connectivity index is 2.38. The minimum absolute atomic E-state index is 0.125. The smallest absolute Gasteiger partial charge is 0.0802 e. The van der Waals surface area contributed by atoms with E-state index in [0.717, 1.165) is 17.6 Å². The quantitative estimate of drug-likeness (QED) is 0.731. The Hall–Kier alpha value is -1.34. The Morgan fingerprint density at radius 1 is 1.20 bits per heavy atom. The number of ether oxygens (including phenoxy) is 1. The number of benzene rings is 2. The maximum absolute atomic E-state index is 5.55. The second kappa shape index (κ2) is 4.45. The van der Waals surface area contributed by atoms with E-state index in [9.17, 15) is 0 Å². The molecule has 2 aromatic rings. The lowest BCUT2D eigenvalue weighted by Gasteiger charge is -2.12. The number of fused-ring (bicyclic) bond motifs is 1. The van der Waals surface area contributed by atoms with Gasteiger partial charge >= 0.3 is 0 Å². The fourth-order valence-electron chi connectivity index (χ4n) is 1.71. The molecule has 15 heavy (non-hydrogen) atoms. The van der Waals surface area contributed by atoms with Gasteiger partial charge in [-0.15, -0.1) is 0 Å². The molecule has 1 radical (unpaired) electrons. The fourth-order valence-corrected chi connectivity index (χ4v) is 1.71. The zero-order chi connectivity index (χ0) is 10.7. The molecule has 0 spiro atoms. The molecule has 1 atom stereocenters. The summed E-state index contributed by atoms with van der Waals surface area (Å²) in [5.41, 5.74) is 1.12. The largest absolute Gasteiger partial charge is 0.374 e. The van der Waals surface area contributed by atoms with Crippen LogP contribution in [-0.4, -0.2) is 6.61 Å². The predicted octanol–water partition coefficient (Wildman–Crippen LogP) is 3.74. The van der Waals surface area contributed by atoms with E-state index in [4.69, 9.17) is 4.74 Å². The normalized spacial score (nSPS) is 12.9. The first-order chi connectivity index (χ1) is 7.31. The van der Waals surface area contributed by atoms with E-state index in [2.05, 4.69) is 37.3 Å². The van der Waals surface area contributed by atoms with Crippen LogP contribution in [0.1, 0.15) is 25.5 Å². The van der Waals surface area contributed by atoms with Gasteiger partial charge < -0.3 is 4.74 Å². The Bertz CT molecular complexity index is 448. The first-order valence-electron chi connectivity index (χ1n) is 5.34. The molecule has 0 bridgehead atoms. The van der Waals surface area contributed by atoms with Crippen molar-refractivity contribution < 1.29 is 4.74 Å². The monoisotopic (exact) mass is 199 g/mol. The molecule has 0 fully saturated rings. The summed E-state index contributed by atoms with van der Waals surface area (Å²) < 4.78 is 5.55. The van der Waals surface area contributed by atoms with Gasteiger partial charge in [-0.05, 0) is 36.2 Å². The zero-order valence-corrected chi connectivity index (χ0v) is 9.16. The maximum Gasteiger partial charge on any atom is 0.0802 e. The summed E-state index contributed by atoms with van der Waals surface area (Å²) in [5, 5.41) is 2.38. The lowest BCUT2D eigenvalue weighted by molar-refractivity contribution is 0.0763. The van der Waals surface area contributed by atoms with Crippen molar-refractivity contribution >= 4 is 10.8 Å². The SMILES string of the molecule is CCOC(C)c1[c]c2ccccc2cc1. The summed E-state index contributed by atoms with van der Waals surface area (Å²) in [4.78, 5) is 0. The van der Waals surface area contributed by atoms with Crippen LogP contribution < -0.4 is 0 Å². The van der Waals surface area contributed by atoms with Gasteiger partial charge in [0.15, 0.2) is 0 Å². The van der Waals surface area contributed by atoms with Crippen LogP contribution in [-0.2, 0) is 4.74 Å². The molecule has 0 aliphatic heterocycles. The highest BCUT2D eigenvalue weighted by Gasteiger charge is 2.05. The molecule has 0 saturated heterocycles. The maximum atomic E-state index is 5.55. The lowest BCUT2D eigenvalue weighted by atomic mass is 10.0. The Morgan fingerprint density at radius 3 is 2.80 bits per heavy atom. The van der Waals surface area contributed by atoms with Crippen LogP contribution >= 0.6 is 0 Å². The van der Waals surface area contributed by atoms with Crippen molar-refractivity contribution in [3.05, 3.63) is 48.0 Å². The van der Waals surface area contributed by atoms with Crippen molar-refractivity contribution in [2.45, 2.75) is 20.0 Å². The molecule has 1 nitrogen and oxygen atoms in total. The molecule has 0 N–H and O–H groups in total. The molecule has 0 aromatic heterocycles. The van der Waals surface area contributed by atoms with E-state index in [-0.39, 0.29) is 6.10 Å².